The molecule has 0 saturated carbocycles. The molecule has 2 aromatic heterocycles. The molecule has 102 valence electrons. The Balaban J connectivity index is 1.96. The summed E-state index contributed by atoms with van der Waals surface area (Å²) in [5, 5.41) is 0.874. The van der Waals surface area contributed by atoms with Crippen LogP contribution in [0.25, 0.3) is 11.2 Å². The third-order valence-electron chi connectivity index (χ3n) is 3.07. The Morgan fingerprint density at radius 2 is 1.95 bits per heavy atom. The number of H-pyrrole nitrogens is 1. The van der Waals surface area contributed by atoms with Crippen LogP contribution in [0.2, 0.25) is 0 Å². The number of nitrogens with zero attached hydrogens (tertiary/aromatic N) is 4. The molecule has 1 aromatic carbocycles. The number of halogens is 1. The van der Waals surface area contributed by atoms with Gasteiger partial charge in [-0.15, -0.1) is 0 Å². The molecule has 0 spiro atoms. The number of benzene rings is 1. The van der Waals surface area contributed by atoms with Crippen LogP contribution in [0, 0.1) is 0 Å². The van der Waals surface area contributed by atoms with Crippen LogP contribution in [0.15, 0.2) is 43.0 Å². The molecule has 5 nitrogen and oxygen atoms in total. The highest BCUT2D eigenvalue weighted by atomic mass is 79.9. The summed E-state index contributed by atoms with van der Waals surface area (Å²) in [5.41, 5.74) is 2.83. The number of hydrogen-bond donors (Lipinski definition) is 1. The normalized spacial score (nSPS) is 10.8. The van der Waals surface area contributed by atoms with Gasteiger partial charge in [-0.25, -0.2) is 15.0 Å². The summed E-state index contributed by atoms with van der Waals surface area (Å²) < 4.78 is 0. The second-order valence-electron chi connectivity index (χ2n) is 4.39. The Morgan fingerprint density at radius 1 is 1.10 bits per heavy atom. The minimum absolute atomic E-state index is 0.697. The second-order valence-corrected chi connectivity index (χ2v) is 5.19. The van der Waals surface area contributed by atoms with Crippen molar-refractivity contribution in [3.8, 4) is 0 Å². The zero-order chi connectivity index (χ0) is 13.8. The lowest BCUT2D eigenvalue weighted by Gasteiger charge is -2.23. The number of imidazole rings is 1. The number of aromatic nitrogens is 4. The van der Waals surface area contributed by atoms with E-state index in [-0.39, 0.29) is 0 Å². The van der Waals surface area contributed by atoms with Crippen molar-refractivity contribution in [2.24, 2.45) is 0 Å². The van der Waals surface area contributed by atoms with Crippen molar-refractivity contribution in [2.75, 3.05) is 16.8 Å². The van der Waals surface area contributed by atoms with Gasteiger partial charge in [-0.3, -0.25) is 0 Å². The van der Waals surface area contributed by atoms with Crippen LogP contribution in [0.5, 0.6) is 0 Å². The van der Waals surface area contributed by atoms with E-state index < -0.39 is 0 Å². The van der Waals surface area contributed by atoms with E-state index in [9.17, 15) is 0 Å². The zero-order valence-corrected chi connectivity index (χ0v) is 12.4. The molecule has 6 heteroatoms. The van der Waals surface area contributed by atoms with Gasteiger partial charge in [0.1, 0.15) is 11.8 Å². The Morgan fingerprint density at radius 3 is 2.75 bits per heavy atom. The summed E-state index contributed by atoms with van der Waals surface area (Å²) in [7, 11) is 0. The fraction of sp³-hybridized carbons (Fsp3) is 0.214. The fourth-order valence-electron chi connectivity index (χ4n) is 2.16. The van der Waals surface area contributed by atoms with Gasteiger partial charge in [0.25, 0.3) is 0 Å². The molecule has 0 aliphatic heterocycles. The third-order valence-corrected chi connectivity index (χ3v) is 3.43. The molecule has 0 atom stereocenters. The number of hydrogen-bond acceptors (Lipinski definition) is 4. The standard InChI is InChI=1S/C14H14BrN5/c15-6-7-20(8-11-4-2-1-3-5-11)14-12-13(17-9-16-12)18-10-19-14/h1-5,9-10H,6-8H2,(H,16,17,18,19). The maximum Gasteiger partial charge on any atom is 0.182 e. The van der Waals surface area contributed by atoms with Crippen LogP contribution >= 0.6 is 15.9 Å². The van der Waals surface area contributed by atoms with Gasteiger partial charge in [0.05, 0.1) is 6.33 Å². The molecule has 0 saturated heterocycles. The first-order valence-electron chi connectivity index (χ1n) is 6.37. The first-order valence-corrected chi connectivity index (χ1v) is 7.49. The second kappa shape index (κ2) is 6.00. The average molecular weight is 332 g/mol. The van der Waals surface area contributed by atoms with Crippen molar-refractivity contribution in [1.29, 1.82) is 0 Å². The van der Waals surface area contributed by atoms with Gasteiger partial charge >= 0.3 is 0 Å². The highest BCUT2D eigenvalue weighted by Crippen LogP contribution is 2.21. The predicted molar refractivity (Wildman–Crippen MR) is 83.0 cm³/mol. The number of alkyl halides is 1. The summed E-state index contributed by atoms with van der Waals surface area (Å²) >= 11 is 3.50. The van der Waals surface area contributed by atoms with Crippen LogP contribution in [-0.4, -0.2) is 31.8 Å². The summed E-state index contributed by atoms with van der Waals surface area (Å²) in [6.45, 7) is 1.66. The van der Waals surface area contributed by atoms with Gasteiger partial charge in [-0.05, 0) is 5.56 Å². The molecule has 20 heavy (non-hydrogen) atoms. The average Bonchev–Trinajstić information content (AvgIpc) is 2.96. The van der Waals surface area contributed by atoms with E-state index in [1.807, 2.05) is 18.2 Å². The van der Waals surface area contributed by atoms with E-state index in [2.05, 4.69) is 52.9 Å². The Bertz CT molecular complexity index is 682. The molecular weight excluding hydrogens is 318 g/mol. The molecule has 1 N–H and O–H groups in total. The highest BCUT2D eigenvalue weighted by Gasteiger charge is 2.13. The van der Waals surface area contributed by atoms with Crippen molar-refractivity contribution in [3.63, 3.8) is 0 Å². The maximum absolute atomic E-state index is 4.42. The van der Waals surface area contributed by atoms with Crippen molar-refractivity contribution in [1.82, 2.24) is 19.9 Å². The molecule has 0 fully saturated rings. The molecular formula is C14H14BrN5. The van der Waals surface area contributed by atoms with Gasteiger partial charge in [-0.2, -0.15) is 0 Å². The highest BCUT2D eigenvalue weighted by molar-refractivity contribution is 9.09. The first kappa shape index (κ1) is 13.1. The van der Waals surface area contributed by atoms with Crippen LogP contribution in [0.3, 0.4) is 0 Å². The molecule has 0 amide bonds. The van der Waals surface area contributed by atoms with Crippen molar-refractivity contribution in [2.45, 2.75) is 6.54 Å². The SMILES string of the molecule is BrCCN(Cc1ccccc1)c1ncnc2nc[nH]c12. The molecule has 0 aliphatic carbocycles. The van der Waals surface area contributed by atoms with Crippen molar-refractivity contribution >= 4 is 32.9 Å². The third kappa shape index (κ3) is 2.65. The number of fused-ring (bicyclic) bond motifs is 1. The lowest BCUT2D eigenvalue weighted by Crippen LogP contribution is -2.26. The van der Waals surface area contributed by atoms with E-state index >= 15 is 0 Å². The van der Waals surface area contributed by atoms with E-state index in [1.165, 1.54) is 5.56 Å². The van der Waals surface area contributed by atoms with Crippen LogP contribution in [-0.2, 0) is 6.54 Å². The monoisotopic (exact) mass is 331 g/mol. The minimum atomic E-state index is 0.697. The first-order chi connectivity index (χ1) is 9.88. The van der Waals surface area contributed by atoms with E-state index in [4.69, 9.17) is 0 Å². The lowest BCUT2D eigenvalue weighted by atomic mass is 10.2. The van der Waals surface area contributed by atoms with Crippen LogP contribution < -0.4 is 4.90 Å². The van der Waals surface area contributed by atoms with E-state index in [0.717, 1.165) is 29.8 Å². The zero-order valence-electron chi connectivity index (χ0n) is 10.8. The lowest BCUT2D eigenvalue weighted by molar-refractivity contribution is 0.822. The Kier molecular flexibility index (Phi) is 3.92. The largest absolute Gasteiger partial charge is 0.350 e. The Hall–Kier alpha value is -1.95. The molecule has 2 heterocycles. The number of anilines is 1. The molecule has 0 bridgehead atoms. The number of rotatable bonds is 5. The quantitative estimate of drug-likeness (QED) is 0.730. The summed E-state index contributed by atoms with van der Waals surface area (Å²) in [5.74, 6) is 0.885. The smallest absolute Gasteiger partial charge is 0.182 e. The van der Waals surface area contributed by atoms with E-state index in [0.29, 0.717) is 5.65 Å². The summed E-state index contributed by atoms with van der Waals surface area (Å²) in [6, 6.07) is 10.4. The number of nitrogens with one attached hydrogen (secondary N) is 1. The van der Waals surface area contributed by atoms with E-state index in [1.54, 1.807) is 12.7 Å². The Labute approximate surface area is 125 Å². The van der Waals surface area contributed by atoms with Gasteiger partial charge in [0.2, 0.25) is 0 Å². The number of aromatic amines is 1. The molecule has 0 radical (unpaired) electrons. The molecule has 0 aliphatic rings. The van der Waals surface area contributed by atoms with Crippen LogP contribution in [0.1, 0.15) is 5.56 Å². The van der Waals surface area contributed by atoms with Gasteiger partial charge in [0, 0.05) is 18.4 Å². The predicted octanol–water partition coefficient (Wildman–Crippen LogP) is 2.75. The van der Waals surface area contributed by atoms with Gasteiger partial charge in [-0.1, -0.05) is 46.3 Å². The topological polar surface area (TPSA) is 57.7 Å². The minimum Gasteiger partial charge on any atom is -0.350 e. The van der Waals surface area contributed by atoms with Crippen LogP contribution in [0.4, 0.5) is 5.82 Å². The molecule has 0 unspecified atom stereocenters. The van der Waals surface area contributed by atoms with Gasteiger partial charge in [0.15, 0.2) is 11.5 Å². The maximum atomic E-state index is 4.42. The fourth-order valence-corrected chi connectivity index (χ4v) is 2.59. The van der Waals surface area contributed by atoms with Crippen molar-refractivity contribution < 1.29 is 0 Å². The van der Waals surface area contributed by atoms with Gasteiger partial charge < -0.3 is 9.88 Å². The summed E-state index contributed by atoms with van der Waals surface area (Å²) in [4.78, 5) is 18.1. The van der Waals surface area contributed by atoms with Crippen molar-refractivity contribution in [3.05, 3.63) is 48.5 Å². The molecule has 3 rings (SSSR count). The summed E-state index contributed by atoms with van der Waals surface area (Å²) in [6.07, 6.45) is 3.21. The molecule has 3 aromatic rings.